The van der Waals surface area contributed by atoms with E-state index < -0.39 is 29.6 Å². The first-order valence-electron chi connectivity index (χ1n) is 15.9. The van der Waals surface area contributed by atoms with Crippen LogP contribution in [0.1, 0.15) is 43.6 Å². The Morgan fingerprint density at radius 1 is 0.804 bits per heavy atom. The number of anilines is 1. The highest BCUT2D eigenvalue weighted by Gasteiger charge is 2.31. The lowest BCUT2D eigenvalue weighted by atomic mass is 9.98. The van der Waals surface area contributed by atoms with Gasteiger partial charge in [-0.05, 0) is 58.7 Å². The second kappa shape index (κ2) is 14.5. The van der Waals surface area contributed by atoms with Gasteiger partial charge in [0.05, 0.1) is 16.1 Å². The van der Waals surface area contributed by atoms with Crippen LogP contribution in [0.3, 0.4) is 0 Å². The van der Waals surface area contributed by atoms with Gasteiger partial charge in [0.2, 0.25) is 5.91 Å². The molecule has 0 aliphatic heterocycles. The lowest BCUT2D eigenvalue weighted by Gasteiger charge is -2.25. The monoisotopic (exact) mass is 708 g/mol. The van der Waals surface area contributed by atoms with E-state index in [2.05, 4.69) is 10.6 Å². The third-order valence-electron chi connectivity index (χ3n) is 8.60. The molecule has 51 heavy (non-hydrogen) atoms. The van der Waals surface area contributed by atoms with Crippen molar-refractivity contribution in [3.05, 3.63) is 160 Å². The second-order valence-corrected chi connectivity index (χ2v) is 12.4. The first kappa shape index (κ1) is 35.0. The number of nitrogens with zero attached hydrogens (tertiary/aromatic N) is 2. The molecule has 258 valence electrons. The van der Waals surface area contributed by atoms with Crippen LogP contribution in [0.5, 0.6) is 0 Å². The van der Waals surface area contributed by atoms with Crippen molar-refractivity contribution in [2.75, 3.05) is 12.4 Å². The van der Waals surface area contributed by atoms with E-state index in [1.54, 1.807) is 90.3 Å². The number of aryl methyl sites for hydroxylation is 1. The fourth-order valence-electron chi connectivity index (χ4n) is 5.99. The molecule has 0 spiro atoms. The van der Waals surface area contributed by atoms with Crippen LogP contribution in [0.15, 0.2) is 127 Å². The number of rotatable bonds is 9. The molecule has 6 rings (SSSR count). The van der Waals surface area contributed by atoms with Gasteiger partial charge in [0, 0.05) is 37.3 Å². The Hall–Kier alpha value is -5.87. The minimum atomic E-state index is -4.48. The van der Waals surface area contributed by atoms with E-state index in [1.165, 1.54) is 12.1 Å². The summed E-state index contributed by atoms with van der Waals surface area (Å²) in [5.41, 5.74) is 3.04. The van der Waals surface area contributed by atoms with Crippen LogP contribution in [0, 0.1) is 0 Å². The van der Waals surface area contributed by atoms with Crippen LogP contribution in [0.4, 0.5) is 18.9 Å². The minimum Gasteiger partial charge on any atom is -0.339 e. The number of amides is 3. The molecule has 0 aliphatic rings. The zero-order chi connectivity index (χ0) is 36.3. The van der Waals surface area contributed by atoms with Gasteiger partial charge in [0.15, 0.2) is 0 Å². The molecule has 1 atom stereocenters. The van der Waals surface area contributed by atoms with Crippen molar-refractivity contribution in [2.45, 2.75) is 18.8 Å². The van der Waals surface area contributed by atoms with Gasteiger partial charge in [-0.15, -0.1) is 0 Å². The Morgan fingerprint density at radius 2 is 1.43 bits per heavy atom. The van der Waals surface area contributed by atoms with E-state index in [9.17, 15) is 27.6 Å². The van der Waals surface area contributed by atoms with Gasteiger partial charge < -0.3 is 20.1 Å². The summed E-state index contributed by atoms with van der Waals surface area (Å²) in [5, 5.41) is 6.35. The van der Waals surface area contributed by atoms with Crippen molar-refractivity contribution in [3.8, 4) is 11.1 Å². The molecule has 3 amide bonds. The predicted octanol–water partition coefficient (Wildman–Crippen LogP) is 8.90. The molecule has 1 aromatic heterocycles. The zero-order valence-electron chi connectivity index (χ0n) is 27.5. The molecular weight excluding hydrogens is 677 g/mol. The minimum absolute atomic E-state index is 0.127. The van der Waals surface area contributed by atoms with E-state index in [0.29, 0.717) is 39.8 Å². The number of carbonyl (C=O) groups excluding carboxylic acids is 3. The number of aromatic nitrogens is 1. The molecule has 1 heterocycles. The summed E-state index contributed by atoms with van der Waals surface area (Å²) in [7, 11) is 3.36. The summed E-state index contributed by atoms with van der Waals surface area (Å²) in [5.74, 6) is -1.36. The van der Waals surface area contributed by atoms with Crippen molar-refractivity contribution >= 4 is 45.9 Å². The van der Waals surface area contributed by atoms with Crippen LogP contribution in [-0.4, -0.2) is 34.2 Å². The van der Waals surface area contributed by atoms with Crippen molar-refractivity contribution < 1.29 is 27.6 Å². The van der Waals surface area contributed by atoms with Gasteiger partial charge in [-0.1, -0.05) is 103 Å². The summed E-state index contributed by atoms with van der Waals surface area (Å²) in [6.45, 7) is 0.344. The highest BCUT2D eigenvalue weighted by atomic mass is 35.5. The van der Waals surface area contributed by atoms with Crippen molar-refractivity contribution in [2.24, 2.45) is 7.05 Å². The molecule has 0 saturated heterocycles. The van der Waals surface area contributed by atoms with Gasteiger partial charge in [0.1, 0.15) is 11.7 Å². The highest BCUT2D eigenvalue weighted by Crippen LogP contribution is 2.34. The molecule has 0 saturated carbocycles. The van der Waals surface area contributed by atoms with Crippen molar-refractivity contribution in [1.82, 2.24) is 14.8 Å². The standard InChI is InChI=1S/C40H32ClF3N4O3/c1-47(24-25-11-5-3-6-12-25)39(51)35(27-13-7-4-8-14-27)46-38(50)36-34(41)32-23-29(21-22-33(32)48(36)2)45-37(49)31-16-10-9-15-30(31)26-17-19-28(20-18-26)40(42,43)44/h3-23,35H,24H2,1-2H3,(H,45,49)(H,46,50). The smallest absolute Gasteiger partial charge is 0.339 e. The Balaban J connectivity index is 1.25. The summed E-state index contributed by atoms with van der Waals surface area (Å²) >= 11 is 6.84. The second-order valence-electron chi connectivity index (χ2n) is 12.0. The van der Waals surface area contributed by atoms with E-state index in [0.717, 1.165) is 17.7 Å². The number of carbonyl (C=O) groups is 3. The third-order valence-corrected chi connectivity index (χ3v) is 8.98. The lowest BCUT2D eigenvalue weighted by molar-refractivity contribution is -0.137. The van der Waals surface area contributed by atoms with Crippen molar-refractivity contribution in [1.29, 1.82) is 0 Å². The van der Waals surface area contributed by atoms with Gasteiger partial charge in [-0.25, -0.2) is 0 Å². The number of nitrogens with one attached hydrogen (secondary N) is 2. The lowest BCUT2D eigenvalue weighted by Crippen LogP contribution is -2.41. The first-order valence-corrected chi connectivity index (χ1v) is 16.3. The Labute approximate surface area is 297 Å². The fraction of sp³-hybridized carbons (Fsp3) is 0.125. The number of alkyl halides is 3. The predicted molar refractivity (Wildman–Crippen MR) is 192 cm³/mol. The van der Waals surface area contributed by atoms with Crippen LogP contribution >= 0.6 is 11.6 Å². The number of benzene rings is 5. The van der Waals surface area contributed by atoms with Gasteiger partial charge in [0.25, 0.3) is 11.8 Å². The molecule has 0 radical (unpaired) electrons. The Bertz CT molecular complexity index is 2220. The Morgan fingerprint density at radius 3 is 2.10 bits per heavy atom. The maximum atomic E-state index is 13.9. The number of halogens is 4. The summed E-state index contributed by atoms with van der Waals surface area (Å²) in [6.07, 6.45) is -4.48. The van der Waals surface area contributed by atoms with E-state index in [4.69, 9.17) is 11.6 Å². The topological polar surface area (TPSA) is 83.4 Å². The quantitative estimate of drug-likeness (QED) is 0.157. The van der Waals surface area contributed by atoms with Crippen LogP contribution in [0.25, 0.3) is 22.0 Å². The van der Waals surface area contributed by atoms with E-state index >= 15 is 0 Å². The SMILES string of the molecule is CN(Cc1ccccc1)C(=O)C(NC(=O)c1c(Cl)c2cc(NC(=O)c3ccccc3-c3ccc(C(F)(F)F)cc3)ccc2n1C)c1ccccc1. The maximum absolute atomic E-state index is 13.9. The number of hydrogen-bond donors (Lipinski definition) is 2. The van der Waals surface area contributed by atoms with Crippen LogP contribution < -0.4 is 10.6 Å². The van der Waals surface area contributed by atoms with Gasteiger partial charge in [-0.3, -0.25) is 14.4 Å². The Kier molecular flexibility index (Phi) is 9.97. The van der Waals surface area contributed by atoms with Gasteiger partial charge >= 0.3 is 6.18 Å². The molecule has 0 aliphatic carbocycles. The van der Waals surface area contributed by atoms with E-state index in [-0.39, 0.29) is 22.2 Å². The van der Waals surface area contributed by atoms with Gasteiger partial charge in [-0.2, -0.15) is 13.2 Å². The van der Waals surface area contributed by atoms with Crippen LogP contribution in [0.2, 0.25) is 5.02 Å². The van der Waals surface area contributed by atoms with E-state index in [1.807, 2.05) is 36.4 Å². The highest BCUT2D eigenvalue weighted by molar-refractivity contribution is 6.39. The maximum Gasteiger partial charge on any atom is 0.416 e. The van der Waals surface area contributed by atoms with Crippen LogP contribution in [-0.2, 0) is 24.6 Å². The fourth-order valence-corrected chi connectivity index (χ4v) is 6.35. The zero-order valence-corrected chi connectivity index (χ0v) is 28.3. The molecule has 6 aromatic rings. The molecule has 0 bridgehead atoms. The molecule has 5 aromatic carbocycles. The molecule has 1 unspecified atom stereocenters. The molecule has 11 heteroatoms. The normalized spacial score (nSPS) is 12.0. The number of likely N-dealkylation sites (N-methyl/N-ethyl adjacent to an activating group) is 1. The number of hydrogen-bond acceptors (Lipinski definition) is 3. The third kappa shape index (κ3) is 7.51. The first-order chi connectivity index (χ1) is 24.4. The largest absolute Gasteiger partial charge is 0.416 e. The molecule has 2 N–H and O–H groups in total. The molecule has 0 fully saturated rings. The van der Waals surface area contributed by atoms with Crippen molar-refractivity contribution in [3.63, 3.8) is 0 Å². The summed E-state index contributed by atoms with van der Waals surface area (Å²) < 4.78 is 41.0. The summed E-state index contributed by atoms with van der Waals surface area (Å²) in [4.78, 5) is 42.7. The summed E-state index contributed by atoms with van der Waals surface area (Å²) in [6, 6.07) is 33.7. The average molecular weight is 709 g/mol. The average Bonchev–Trinajstić information content (AvgIpc) is 3.38. The number of fused-ring (bicyclic) bond motifs is 1. The molecular formula is C40H32ClF3N4O3. The molecule has 7 nitrogen and oxygen atoms in total.